The van der Waals surface area contributed by atoms with Gasteiger partial charge in [-0.3, -0.25) is 9.59 Å². The molecule has 0 saturated heterocycles. The zero-order valence-electron chi connectivity index (χ0n) is 15.1. The van der Waals surface area contributed by atoms with Crippen LogP contribution in [0.3, 0.4) is 0 Å². The van der Waals surface area contributed by atoms with E-state index in [0.717, 1.165) is 21.7 Å². The van der Waals surface area contributed by atoms with Crippen molar-refractivity contribution in [3.8, 4) is 0 Å². The van der Waals surface area contributed by atoms with E-state index >= 15 is 0 Å². The van der Waals surface area contributed by atoms with Crippen LogP contribution in [0.4, 0.5) is 5.69 Å². The van der Waals surface area contributed by atoms with Gasteiger partial charge in [-0.25, -0.2) is 0 Å². The molecule has 132 valence electrons. The molecule has 5 heteroatoms. The van der Waals surface area contributed by atoms with Gasteiger partial charge in [0.05, 0.1) is 12.3 Å². The summed E-state index contributed by atoms with van der Waals surface area (Å²) < 4.78 is 0. The number of hydrogen-bond acceptors (Lipinski definition) is 3. The van der Waals surface area contributed by atoms with E-state index in [1.54, 1.807) is 7.05 Å². The van der Waals surface area contributed by atoms with Crippen molar-refractivity contribution >= 4 is 29.3 Å². The van der Waals surface area contributed by atoms with Gasteiger partial charge in [0, 0.05) is 17.6 Å². The lowest BCUT2D eigenvalue weighted by Gasteiger charge is -2.18. The summed E-state index contributed by atoms with van der Waals surface area (Å²) >= 11 is 1.47. The molecule has 0 unspecified atom stereocenters. The maximum Gasteiger partial charge on any atom is 0.243 e. The summed E-state index contributed by atoms with van der Waals surface area (Å²) in [5, 5.41) is 2.93. The zero-order valence-corrected chi connectivity index (χ0v) is 15.9. The number of carbonyl (C=O) groups excluding carboxylic acids is 2. The predicted octanol–water partition coefficient (Wildman–Crippen LogP) is 3.80. The third kappa shape index (κ3) is 5.64. The lowest BCUT2D eigenvalue weighted by atomic mass is 10.1. The highest BCUT2D eigenvalue weighted by Gasteiger charge is 2.15. The van der Waals surface area contributed by atoms with E-state index < -0.39 is 0 Å². The number of aryl methyl sites for hydroxylation is 3. The van der Waals surface area contributed by atoms with Crippen LogP contribution in [0.25, 0.3) is 0 Å². The Kier molecular flexibility index (Phi) is 6.65. The SMILES string of the molecule is Cc1cc(C)c(NC(=O)CN(C)C(=O)CSc2ccccc2)c(C)c1. The van der Waals surface area contributed by atoms with Gasteiger partial charge in [0.15, 0.2) is 0 Å². The summed E-state index contributed by atoms with van der Waals surface area (Å²) in [7, 11) is 1.66. The largest absolute Gasteiger partial charge is 0.336 e. The topological polar surface area (TPSA) is 49.4 Å². The number of anilines is 1. The zero-order chi connectivity index (χ0) is 18.4. The molecule has 1 N–H and O–H groups in total. The van der Waals surface area contributed by atoms with Gasteiger partial charge in [0.2, 0.25) is 11.8 Å². The van der Waals surface area contributed by atoms with Crippen LogP contribution in [0, 0.1) is 20.8 Å². The second-order valence-corrected chi connectivity index (χ2v) is 7.22. The summed E-state index contributed by atoms with van der Waals surface area (Å²) in [5.74, 6) is 0.0630. The smallest absolute Gasteiger partial charge is 0.243 e. The maximum absolute atomic E-state index is 12.3. The average Bonchev–Trinajstić information content (AvgIpc) is 2.56. The van der Waals surface area contributed by atoms with E-state index in [-0.39, 0.29) is 18.4 Å². The van der Waals surface area contributed by atoms with E-state index in [2.05, 4.69) is 5.32 Å². The first kappa shape index (κ1) is 19.1. The predicted molar refractivity (Wildman–Crippen MR) is 104 cm³/mol. The number of nitrogens with zero attached hydrogens (tertiary/aromatic N) is 1. The molecule has 2 aromatic rings. The monoisotopic (exact) mass is 356 g/mol. The molecule has 0 aromatic heterocycles. The Morgan fingerprint density at radius 3 is 2.24 bits per heavy atom. The summed E-state index contributed by atoms with van der Waals surface area (Å²) in [5.41, 5.74) is 4.05. The quantitative estimate of drug-likeness (QED) is 0.801. The van der Waals surface area contributed by atoms with Gasteiger partial charge in [-0.2, -0.15) is 0 Å². The Morgan fingerprint density at radius 1 is 1.04 bits per heavy atom. The van der Waals surface area contributed by atoms with Crippen molar-refractivity contribution in [2.75, 3.05) is 24.7 Å². The molecule has 0 atom stereocenters. The highest BCUT2D eigenvalue weighted by atomic mass is 32.2. The summed E-state index contributed by atoms with van der Waals surface area (Å²) in [6.07, 6.45) is 0. The van der Waals surface area contributed by atoms with Crippen LogP contribution in [0.1, 0.15) is 16.7 Å². The molecular formula is C20H24N2O2S. The lowest BCUT2D eigenvalue weighted by Crippen LogP contribution is -2.36. The van der Waals surface area contributed by atoms with E-state index in [1.807, 2.05) is 63.2 Å². The molecule has 0 spiro atoms. The minimum atomic E-state index is -0.185. The minimum Gasteiger partial charge on any atom is -0.336 e. The molecule has 2 aromatic carbocycles. The van der Waals surface area contributed by atoms with Crippen LogP contribution in [0.5, 0.6) is 0 Å². The van der Waals surface area contributed by atoms with Crippen LogP contribution in [0.2, 0.25) is 0 Å². The summed E-state index contributed by atoms with van der Waals surface area (Å²) in [6, 6.07) is 13.8. The maximum atomic E-state index is 12.3. The molecule has 25 heavy (non-hydrogen) atoms. The molecule has 0 saturated carbocycles. The van der Waals surface area contributed by atoms with Gasteiger partial charge >= 0.3 is 0 Å². The number of hydrogen-bond donors (Lipinski definition) is 1. The molecule has 0 fully saturated rings. The fourth-order valence-electron chi connectivity index (χ4n) is 2.63. The lowest BCUT2D eigenvalue weighted by molar-refractivity contribution is -0.131. The number of carbonyl (C=O) groups is 2. The van der Waals surface area contributed by atoms with Gasteiger partial charge in [-0.15, -0.1) is 11.8 Å². The first-order valence-corrected chi connectivity index (χ1v) is 9.15. The van der Waals surface area contributed by atoms with Crippen LogP contribution >= 0.6 is 11.8 Å². The summed E-state index contributed by atoms with van der Waals surface area (Å²) in [6.45, 7) is 6.02. The third-order valence-electron chi connectivity index (χ3n) is 3.85. The molecule has 0 heterocycles. The molecular weight excluding hydrogens is 332 g/mol. The van der Waals surface area contributed by atoms with Gasteiger partial charge in [0.25, 0.3) is 0 Å². The molecule has 0 aliphatic carbocycles. The first-order chi connectivity index (χ1) is 11.9. The molecule has 0 aliphatic rings. The second-order valence-electron chi connectivity index (χ2n) is 6.17. The number of likely N-dealkylation sites (N-methyl/N-ethyl adjacent to an activating group) is 1. The number of rotatable bonds is 6. The molecule has 0 radical (unpaired) electrons. The Morgan fingerprint density at radius 2 is 1.64 bits per heavy atom. The van der Waals surface area contributed by atoms with E-state index in [1.165, 1.54) is 22.2 Å². The minimum absolute atomic E-state index is 0.0426. The van der Waals surface area contributed by atoms with Crippen molar-refractivity contribution in [3.05, 3.63) is 59.2 Å². The van der Waals surface area contributed by atoms with Crippen molar-refractivity contribution in [2.24, 2.45) is 0 Å². The second kappa shape index (κ2) is 8.72. The van der Waals surface area contributed by atoms with Gasteiger partial charge in [-0.05, 0) is 44.0 Å². The normalized spacial score (nSPS) is 10.4. The molecule has 2 rings (SSSR count). The number of thioether (sulfide) groups is 1. The fraction of sp³-hybridized carbons (Fsp3) is 0.300. The molecule has 0 bridgehead atoms. The van der Waals surface area contributed by atoms with Crippen molar-refractivity contribution in [2.45, 2.75) is 25.7 Å². The van der Waals surface area contributed by atoms with Gasteiger partial charge < -0.3 is 10.2 Å². The first-order valence-electron chi connectivity index (χ1n) is 8.16. The van der Waals surface area contributed by atoms with Crippen molar-refractivity contribution in [3.63, 3.8) is 0 Å². The van der Waals surface area contributed by atoms with Crippen LogP contribution < -0.4 is 5.32 Å². The van der Waals surface area contributed by atoms with Gasteiger partial charge in [0.1, 0.15) is 0 Å². The van der Waals surface area contributed by atoms with Crippen molar-refractivity contribution in [1.29, 1.82) is 0 Å². The van der Waals surface area contributed by atoms with Crippen molar-refractivity contribution < 1.29 is 9.59 Å². The highest BCUT2D eigenvalue weighted by molar-refractivity contribution is 8.00. The summed E-state index contributed by atoms with van der Waals surface area (Å²) in [4.78, 5) is 27.0. The highest BCUT2D eigenvalue weighted by Crippen LogP contribution is 2.22. The Labute approximate surface area is 153 Å². The van der Waals surface area contributed by atoms with Crippen LogP contribution in [-0.2, 0) is 9.59 Å². The number of amides is 2. The number of benzene rings is 2. The van der Waals surface area contributed by atoms with Crippen LogP contribution in [-0.4, -0.2) is 36.1 Å². The third-order valence-corrected chi connectivity index (χ3v) is 4.85. The van der Waals surface area contributed by atoms with E-state index in [4.69, 9.17) is 0 Å². The molecule has 4 nitrogen and oxygen atoms in total. The average molecular weight is 356 g/mol. The molecule has 0 aliphatic heterocycles. The van der Waals surface area contributed by atoms with E-state index in [0.29, 0.717) is 5.75 Å². The Bertz CT molecular complexity index is 737. The molecule has 2 amide bonds. The standard InChI is InChI=1S/C20H24N2O2S/c1-14-10-15(2)20(16(3)11-14)21-18(23)12-22(4)19(24)13-25-17-8-6-5-7-9-17/h5-11H,12-13H2,1-4H3,(H,21,23). The Hall–Kier alpha value is -2.27. The fourth-order valence-corrected chi connectivity index (χ4v) is 3.49. The van der Waals surface area contributed by atoms with Crippen molar-refractivity contribution in [1.82, 2.24) is 4.90 Å². The van der Waals surface area contributed by atoms with Gasteiger partial charge in [-0.1, -0.05) is 35.9 Å². The Balaban J connectivity index is 1.88. The number of nitrogens with one attached hydrogen (secondary N) is 1. The van der Waals surface area contributed by atoms with Crippen LogP contribution in [0.15, 0.2) is 47.4 Å². The van der Waals surface area contributed by atoms with E-state index in [9.17, 15) is 9.59 Å².